The standard InChI is InChI=1S/C27H33N3O2/c1-16-10-17(2)24-21(11-16)26(31)22(14-28-24)27(32)30-9-5-6-18-12-19-13-20(25(18)30)15-29-8-4-3-7-23(19)29/h10-12,14,19-20,23,25H,3-9,13,15H2,1-2H3,(H,28,31). The average Bonchev–Trinajstić information content (AvgIpc) is 2.79. The van der Waals surface area contributed by atoms with Gasteiger partial charge < -0.3 is 9.88 Å². The van der Waals surface area contributed by atoms with Gasteiger partial charge in [-0.3, -0.25) is 14.5 Å². The largest absolute Gasteiger partial charge is 0.360 e. The van der Waals surface area contributed by atoms with Gasteiger partial charge in [0.2, 0.25) is 5.43 Å². The summed E-state index contributed by atoms with van der Waals surface area (Å²) in [6.45, 7) is 7.04. The maximum atomic E-state index is 13.8. The highest BCUT2D eigenvalue weighted by atomic mass is 16.2. The minimum atomic E-state index is -0.139. The first-order chi connectivity index (χ1) is 15.5. The van der Waals surface area contributed by atoms with Gasteiger partial charge in [0.1, 0.15) is 5.56 Å². The first-order valence-electron chi connectivity index (χ1n) is 12.4. The van der Waals surface area contributed by atoms with Crippen molar-refractivity contribution >= 4 is 16.8 Å². The number of amides is 1. The van der Waals surface area contributed by atoms with Crippen molar-refractivity contribution < 1.29 is 4.79 Å². The number of H-pyrrole nitrogens is 1. The summed E-state index contributed by atoms with van der Waals surface area (Å²) in [4.78, 5) is 35.2. The number of pyridine rings is 1. The topological polar surface area (TPSA) is 56.4 Å². The van der Waals surface area contributed by atoms with Crippen molar-refractivity contribution in [1.82, 2.24) is 14.8 Å². The van der Waals surface area contributed by atoms with Gasteiger partial charge in [-0.05, 0) is 81.5 Å². The Morgan fingerprint density at radius 2 is 2.00 bits per heavy atom. The summed E-state index contributed by atoms with van der Waals surface area (Å²) >= 11 is 0. The molecule has 5 heteroatoms. The number of carbonyl (C=O) groups excluding carboxylic acids is 1. The zero-order chi connectivity index (χ0) is 22.0. The van der Waals surface area contributed by atoms with E-state index in [9.17, 15) is 9.59 Å². The molecule has 1 aromatic carbocycles. The Bertz CT molecular complexity index is 1180. The first-order valence-corrected chi connectivity index (χ1v) is 12.4. The van der Waals surface area contributed by atoms with Crippen molar-refractivity contribution in [2.24, 2.45) is 11.8 Å². The van der Waals surface area contributed by atoms with Crippen LogP contribution in [-0.4, -0.2) is 52.4 Å². The zero-order valence-electron chi connectivity index (χ0n) is 19.2. The number of fused-ring (bicyclic) bond motifs is 7. The Morgan fingerprint density at radius 1 is 1.12 bits per heavy atom. The van der Waals surface area contributed by atoms with Crippen LogP contribution < -0.4 is 5.43 Å². The molecule has 0 radical (unpaired) electrons. The van der Waals surface area contributed by atoms with E-state index < -0.39 is 0 Å². The molecule has 2 bridgehead atoms. The van der Waals surface area contributed by atoms with Crippen LogP contribution in [0.25, 0.3) is 10.9 Å². The number of hydrogen-bond acceptors (Lipinski definition) is 3. The van der Waals surface area contributed by atoms with E-state index in [2.05, 4.69) is 22.0 Å². The number of rotatable bonds is 1. The Balaban J connectivity index is 1.37. The molecule has 1 N–H and O–H groups in total. The van der Waals surface area contributed by atoms with Crippen LogP contribution in [0.2, 0.25) is 0 Å². The number of carbonyl (C=O) groups is 1. The summed E-state index contributed by atoms with van der Waals surface area (Å²) in [5.41, 5.74) is 4.53. The molecule has 3 saturated heterocycles. The maximum Gasteiger partial charge on any atom is 0.259 e. The predicted molar refractivity (Wildman–Crippen MR) is 127 cm³/mol. The van der Waals surface area contributed by atoms with Crippen molar-refractivity contribution in [2.45, 2.75) is 64.5 Å². The molecule has 32 heavy (non-hydrogen) atoms. The van der Waals surface area contributed by atoms with E-state index in [1.165, 1.54) is 37.8 Å². The molecule has 1 amide bonds. The summed E-state index contributed by atoms with van der Waals surface area (Å²) < 4.78 is 0. The highest BCUT2D eigenvalue weighted by Gasteiger charge is 2.47. The molecule has 6 rings (SSSR count). The summed E-state index contributed by atoms with van der Waals surface area (Å²) in [5.74, 6) is 1.04. The number of likely N-dealkylation sites (tertiary alicyclic amines) is 1. The number of benzene rings is 1. The van der Waals surface area contributed by atoms with Crippen molar-refractivity contribution in [3.63, 3.8) is 0 Å². The average molecular weight is 432 g/mol. The lowest BCUT2D eigenvalue weighted by molar-refractivity contribution is 0.00143. The summed E-state index contributed by atoms with van der Waals surface area (Å²) in [6, 6.07) is 4.83. The highest BCUT2D eigenvalue weighted by molar-refractivity contribution is 5.98. The first kappa shape index (κ1) is 20.2. The monoisotopic (exact) mass is 431 g/mol. The summed E-state index contributed by atoms with van der Waals surface area (Å²) in [5, 5.41) is 0.624. The van der Waals surface area contributed by atoms with Crippen LogP contribution in [0, 0.1) is 25.7 Å². The van der Waals surface area contributed by atoms with Crippen LogP contribution in [0.15, 0.2) is 34.8 Å². The van der Waals surface area contributed by atoms with E-state index in [0.29, 0.717) is 23.3 Å². The van der Waals surface area contributed by atoms with Gasteiger partial charge in [-0.25, -0.2) is 0 Å². The molecule has 4 aliphatic rings. The molecule has 4 heterocycles. The van der Waals surface area contributed by atoms with E-state index in [1.54, 1.807) is 6.20 Å². The fourth-order valence-electron chi connectivity index (χ4n) is 7.21. The second-order valence-corrected chi connectivity index (χ2v) is 10.5. The van der Waals surface area contributed by atoms with E-state index in [0.717, 1.165) is 42.6 Å². The molecule has 1 aromatic heterocycles. The van der Waals surface area contributed by atoms with Gasteiger partial charge >= 0.3 is 0 Å². The minimum Gasteiger partial charge on any atom is -0.360 e. The molecule has 0 spiro atoms. The van der Waals surface area contributed by atoms with Crippen LogP contribution in [0.5, 0.6) is 0 Å². The van der Waals surface area contributed by atoms with E-state index in [1.807, 2.05) is 24.8 Å². The fourth-order valence-corrected chi connectivity index (χ4v) is 7.21. The molecule has 5 nitrogen and oxygen atoms in total. The van der Waals surface area contributed by atoms with Gasteiger partial charge in [-0.2, -0.15) is 0 Å². The molecular formula is C27H33N3O2. The predicted octanol–water partition coefficient (Wildman–Crippen LogP) is 4.18. The normalized spacial score (nSPS) is 29.9. The van der Waals surface area contributed by atoms with Crippen molar-refractivity contribution in [3.05, 3.63) is 56.9 Å². The number of aromatic nitrogens is 1. The zero-order valence-corrected chi connectivity index (χ0v) is 19.2. The Labute approximate surface area is 189 Å². The minimum absolute atomic E-state index is 0.0953. The van der Waals surface area contributed by atoms with E-state index in [4.69, 9.17) is 0 Å². The molecule has 2 aromatic rings. The third-order valence-electron chi connectivity index (χ3n) is 8.48. The number of aryl methyl sites for hydroxylation is 2. The molecule has 3 fully saturated rings. The lowest BCUT2D eigenvalue weighted by atomic mass is 9.68. The van der Waals surface area contributed by atoms with Crippen LogP contribution in [0.4, 0.5) is 0 Å². The fraction of sp³-hybridized carbons (Fsp3) is 0.556. The Hall–Kier alpha value is -2.40. The van der Waals surface area contributed by atoms with Gasteiger partial charge in [0.15, 0.2) is 0 Å². The summed E-state index contributed by atoms with van der Waals surface area (Å²) in [7, 11) is 0. The van der Waals surface area contributed by atoms with Crippen LogP contribution in [0.1, 0.15) is 60.0 Å². The SMILES string of the molecule is Cc1cc(C)c2[nH]cc(C(=O)N3CCCC4=CC5CC(CN6CCCCC56)C43)c(=O)c2c1. The van der Waals surface area contributed by atoms with Crippen molar-refractivity contribution in [3.8, 4) is 0 Å². The maximum absolute atomic E-state index is 13.8. The number of hydrogen-bond donors (Lipinski definition) is 1. The molecule has 4 unspecified atom stereocenters. The van der Waals surface area contributed by atoms with Gasteiger partial charge in [0.05, 0.1) is 11.6 Å². The van der Waals surface area contributed by atoms with E-state index in [-0.39, 0.29) is 22.9 Å². The van der Waals surface area contributed by atoms with Gasteiger partial charge in [-0.15, -0.1) is 0 Å². The molecule has 168 valence electrons. The quantitative estimate of drug-likeness (QED) is 0.689. The van der Waals surface area contributed by atoms with Gasteiger partial charge in [0.25, 0.3) is 5.91 Å². The molecule has 0 saturated carbocycles. The third kappa shape index (κ3) is 3.08. The van der Waals surface area contributed by atoms with Crippen molar-refractivity contribution in [1.29, 1.82) is 0 Å². The van der Waals surface area contributed by atoms with Gasteiger partial charge in [-0.1, -0.05) is 24.1 Å². The Kier molecular flexibility index (Phi) is 4.79. The number of nitrogens with zero attached hydrogens (tertiary/aromatic N) is 2. The van der Waals surface area contributed by atoms with Crippen LogP contribution in [0.3, 0.4) is 0 Å². The van der Waals surface area contributed by atoms with Crippen LogP contribution in [-0.2, 0) is 0 Å². The molecule has 4 atom stereocenters. The van der Waals surface area contributed by atoms with Crippen LogP contribution >= 0.6 is 0 Å². The number of aromatic amines is 1. The lowest BCUT2D eigenvalue weighted by Gasteiger charge is -2.54. The number of nitrogens with one attached hydrogen (secondary N) is 1. The second kappa shape index (κ2) is 7.58. The highest BCUT2D eigenvalue weighted by Crippen LogP contribution is 2.45. The van der Waals surface area contributed by atoms with E-state index >= 15 is 0 Å². The molecule has 1 aliphatic carbocycles. The lowest BCUT2D eigenvalue weighted by Crippen LogP contribution is -2.60. The molecular weight excluding hydrogens is 398 g/mol. The third-order valence-corrected chi connectivity index (χ3v) is 8.48. The van der Waals surface area contributed by atoms with Gasteiger partial charge in [0, 0.05) is 30.7 Å². The number of piperidine rings is 3. The second-order valence-electron chi connectivity index (χ2n) is 10.5. The Morgan fingerprint density at radius 3 is 2.88 bits per heavy atom. The molecule has 3 aliphatic heterocycles. The smallest absolute Gasteiger partial charge is 0.259 e. The summed E-state index contributed by atoms with van der Waals surface area (Å²) in [6.07, 6.45) is 11.4. The van der Waals surface area contributed by atoms with Crippen molar-refractivity contribution in [2.75, 3.05) is 19.6 Å².